The fourth-order valence-electron chi connectivity index (χ4n) is 4.00. The summed E-state index contributed by atoms with van der Waals surface area (Å²) in [5.41, 5.74) is 2.32. The van der Waals surface area contributed by atoms with E-state index in [1.165, 1.54) is 19.3 Å². The van der Waals surface area contributed by atoms with Crippen LogP contribution in [0, 0.1) is 35.0 Å². The van der Waals surface area contributed by atoms with Crippen molar-refractivity contribution in [3.63, 3.8) is 0 Å². The zero-order valence-electron chi connectivity index (χ0n) is 11.3. The fourth-order valence-corrected chi connectivity index (χ4v) is 4.00. The second-order valence-electron chi connectivity index (χ2n) is 7.78. The van der Waals surface area contributed by atoms with Gasteiger partial charge in [-0.1, -0.05) is 39.3 Å². The van der Waals surface area contributed by atoms with Gasteiger partial charge < -0.3 is 0 Å². The molecule has 0 aliphatic heterocycles. The number of rotatable bonds is 3. The summed E-state index contributed by atoms with van der Waals surface area (Å²) < 4.78 is 0. The zero-order chi connectivity index (χ0) is 11.5. The van der Waals surface area contributed by atoms with Gasteiger partial charge in [0.25, 0.3) is 0 Å². The maximum Gasteiger partial charge on any atom is 0.00134 e. The molecule has 0 heteroatoms. The minimum absolute atomic E-state index is 0.511. The lowest BCUT2D eigenvalue weighted by Gasteiger charge is -2.21. The fraction of sp³-hybridized carbons (Fsp3) is 0.875. The van der Waals surface area contributed by atoms with Gasteiger partial charge in [0.05, 0.1) is 0 Å². The predicted molar refractivity (Wildman–Crippen MR) is 69.1 cm³/mol. The molecule has 0 N–H and O–H groups in total. The van der Waals surface area contributed by atoms with E-state index in [1.54, 1.807) is 12.0 Å². The first-order valence-electron chi connectivity index (χ1n) is 7.16. The van der Waals surface area contributed by atoms with Gasteiger partial charge in [0.2, 0.25) is 0 Å². The van der Waals surface area contributed by atoms with Crippen molar-refractivity contribution >= 4 is 0 Å². The van der Waals surface area contributed by atoms with E-state index < -0.39 is 0 Å². The molecule has 0 aromatic rings. The summed E-state index contributed by atoms with van der Waals surface area (Å²) in [5.74, 6) is 5.27. The van der Waals surface area contributed by atoms with E-state index in [4.69, 9.17) is 0 Å². The molecular formula is C16H26. The first-order chi connectivity index (χ1) is 7.46. The lowest BCUT2D eigenvalue weighted by Crippen LogP contribution is -2.13. The molecule has 16 heavy (non-hydrogen) atoms. The van der Waals surface area contributed by atoms with Gasteiger partial charge in [0, 0.05) is 5.92 Å². The van der Waals surface area contributed by atoms with E-state index >= 15 is 0 Å². The predicted octanol–water partition coefficient (Wildman–Crippen LogP) is 4.66. The summed E-state index contributed by atoms with van der Waals surface area (Å²) in [6, 6.07) is 0. The normalized spacial score (nSPS) is 45.2. The van der Waals surface area contributed by atoms with Crippen molar-refractivity contribution in [2.75, 3.05) is 0 Å². The molecule has 0 heterocycles. The first-order valence-corrected chi connectivity index (χ1v) is 7.16. The first kappa shape index (κ1) is 10.9. The van der Waals surface area contributed by atoms with E-state index in [2.05, 4.69) is 33.8 Å². The maximum absolute atomic E-state index is 2.59. The Labute approximate surface area is 101 Å². The standard InChI is InChI=1S/C16H26/c1-10-7-12-9-14(12)15(10)13-8-11(13)5-6-16(2,3)4/h8,10,12-15H,5-7,9H2,1-4H3. The molecule has 0 radical (unpaired) electrons. The van der Waals surface area contributed by atoms with Gasteiger partial charge in [-0.15, -0.1) is 0 Å². The molecule has 5 atom stereocenters. The molecule has 3 aliphatic rings. The van der Waals surface area contributed by atoms with Crippen LogP contribution < -0.4 is 0 Å². The molecule has 3 aliphatic carbocycles. The monoisotopic (exact) mass is 218 g/mol. The van der Waals surface area contributed by atoms with Crippen LogP contribution in [-0.4, -0.2) is 0 Å². The molecule has 0 aromatic heterocycles. The van der Waals surface area contributed by atoms with Gasteiger partial charge in [-0.25, -0.2) is 0 Å². The van der Waals surface area contributed by atoms with Crippen LogP contribution in [0.1, 0.15) is 53.4 Å². The van der Waals surface area contributed by atoms with Crippen molar-refractivity contribution in [3.05, 3.63) is 11.6 Å². The van der Waals surface area contributed by atoms with Crippen LogP contribution >= 0.6 is 0 Å². The highest BCUT2D eigenvalue weighted by atomic mass is 14.6. The third-order valence-electron chi connectivity index (χ3n) is 5.09. The number of fused-ring (bicyclic) bond motifs is 1. The molecule has 0 saturated heterocycles. The van der Waals surface area contributed by atoms with Crippen molar-refractivity contribution in [1.82, 2.24) is 0 Å². The molecule has 0 aromatic carbocycles. The Bertz CT molecular complexity index is 315. The molecule has 0 bridgehead atoms. The Hall–Kier alpha value is -0.260. The smallest absolute Gasteiger partial charge is 0.00134 e. The van der Waals surface area contributed by atoms with Crippen molar-refractivity contribution in [1.29, 1.82) is 0 Å². The average molecular weight is 218 g/mol. The molecule has 3 rings (SSSR count). The van der Waals surface area contributed by atoms with Gasteiger partial charge in [-0.3, -0.25) is 0 Å². The molecule has 0 amide bonds. The summed E-state index contributed by atoms with van der Waals surface area (Å²) in [4.78, 5) is 0. The summed E-state index contributed by atoms with van der Waals surface area (Å²) >= 11 is 0. The quantitative estimate of drug-likeness (QED) is 0.604. The molecule has 2 saturated carbocycles. The largest absolute Gasteiger partial charge is 0.0772 e. The molecule has 2 fully saturated rings. The van der Waals surface area contributed by atoms with Crippen molar-refractivity contribution in [2.24, 2.45) is 35.0 Å². The summed E-state index contributed by atoms with van der Waals surface area (Å²) in [7, 11) is 0. The highest BCUT2D eigenvalue weighted by Crippen LogP contribution is 2.64. The topological polar surface area (TPSA) is 0 Å². The highest BCUT2D eigenvalue weighted by molar-refractivity contribution is 5.33. The maximum atomic E-state index is 2.59. The van der Waals surface area contributed by atoms with Gasteiger partial charge in [-0.05, 0) is 54.8 Å². The second-order valence-corrected chi connectivity index (χ2v) is 7.78. The van der Waals surface area contributed by atoms with Gasteiger partial charge in [0.15, 0.2) is 0 Å². The summed E-state index contributed by atoms with van der Waals surface area (Å²) in [6.45, 7) is 9.57. The van der Waals surface area contributed by atoms with E-state index in [9.17, 15) is 0 Å². The van der Waals surface area contributed by atoms with Crippen LogP contribution in [0.25, 0.3) is 0 Å². The molecular weight excluding hydrogens is 192 g/mol. The molecule has 0 spiro atoms. The Morgan fingerprint density at radius 1 is 1.25 bits per heavy atom. The average Bonchev–Trinajstić information content (AvgIpc) is 3.03. The van der Waals surface area contributed by atoms with E-state index in [1.807, 2.05) is 0 Å². The number of hydrogen-bond acceptors (Lipinski definition) is 0. The number of hydrogen-bond donors (Lipinski definition) is 0. The van der Waals surface area contributed by atoms with Crippen LogP contribution in [0.4, 0.5) is 0 Å². The number of allylic oxidation sites excluding steroid dienone is 2. The van der Waals surface area contributed by atoms with Gasteiger partial charge in [0.1, 0.15) is 0 Å². The van der Waals surface area contributed by atoms with Crippen LogP contribution in [0.2, 0.25) is 0 Å². The Kier molecular flexibility index (Phi) is 2.29. The van der Waals surface area contributed by atoms with E-state index in [0.29, 0.717) is 5.41 Å². The lowest BCUT2D eigenvalue weighted by molar-refractivity contribution is 0.322. The Morgan fingerprint density at radius 2 is 2.00 bits per heavy atom. The van der Waals surface area contributed by atoms with E-state index in [0.717, 1.165) is 29.6 Å². The van der Waals surface area contributed by atoms with Crippen molar-refractivity contribution in [2.45, 2.75) is 53.4 Å². The van der Waals surface area contributed by atoms with Gasteiger partial charge in [-0.2, -0.15) is 0 Å². The Morgan fingerprint density at radius 3 is 2.56 bits per heavy atom. The molecule has 90 valence electrons. The Balaban J connectivity index is 1.50. The highest BCUT2D eigenvalue weighted by Gasteiger charge is 2.56. The molecule has 5 unspecified atom stereocenters. The molecule has 0 nitrogen and oxygen atoms in total. The van der Waals surface area contributed by atoms with Crippen LogP contribution in [0.5, 0.6) is 0 Å². The third-order valence-corrected chi connectivity index (χ3v) is 5.09. The minimum Gasteiger partial charge on any atom is -0.0772 e. The van der Waals surface area contributed by atoms with Crippen LogP contribution in [0.15, 0.2) is 11.6 Å². The summed E-state index contributed by atoms with van der Waals surface area (Å²) in [5, 5.41) is 0. The second kappa shape index (κ2) is 3.37. The van der Waals surface area contributed by atoms with Crippen LogP contribution in [0.3, 0.4) is 0 Å². The minimum atomic E-state index is 0.511. The van der Waals surface area contributed by atoms with Crippen molar-refractivity contribution in [3.8, 4) is 0 Å². The van der Waals surface area contributed by atoms with Gasteiger partial charge >= 0.3 is 0 Å². The van der Waals surface area contributed by atoms with Crippen molar-refractivity contribution < 1.29 is 0 Å². The zero-order valence-corrected chi connectivity index (χ0v) is 11.3. The summed E-state index contributed by atoms with van der Waals surface area (Å²) in [6.07, 6.45) is 8.42. The lowest BCUT2D eigenvalue weighted by atomic mass is 9.84. The third kappa shape index (κ3) is 1.96. The van der Waals surface area contributed by atoms with E-state index in [-0.39, 0.29) is 0 Å². The SMILES string of the molecule is CC1CC2CC2C1C1C=C1CCC(C)(C)C. The van der Waals surface area contributed by atoms with Crippen LogP contribution in [-0.2, 0) is 0 Å².